The van der Waals surface area contributed by atoms with E-state index in [-0.39, 0.29) is 12.4 Å². The second-order valence-electron chi connectivity index (χ2n) is 2.44. The van der Waals surface area contributed by atoms with Gasteiger partial charge in [0.1, 0.15) is 0 Å². The lowest BCUT2D eigenvalue weighted by Gasteiger charge is -2.04. The molecule has 13 heavy (non-hydrogen) atoms. The molecule has 0 fully saturated rings. The molecule has 1 amide bonds. The number of nitrogen functional groups attached to an aromatic ring is 1. The Morgan fingerprint density at radius 2 is 2.23 bits per heavy atom. The molecule has 0 aromatic heterocycles. The fourth-order valence-electron chi connectivity index (χ4n) is 0.783. The van der Waals surface area contributed by atoms with Crippen molar-refractivity contribution >= 4 is 11.6 Å². The van der Waals surface area contributed by atoms with Crippen molar-refractivity contribution in [2.75, 3.05) is 12.3 Å². The fourth-order valence-corrected chi connectivity index (χ4v) is 0.783. The van der Waals surface area contributed by atoms with Gasteiger partial charge in [-0.2, -0.15) is 0 Å². The first kappa shape index (κ1) is 9.31. The predicted octanol–water partition coefficient (Wildman–Crippen LogP) is 0.272. The second-order valence-corrected chi connectivity index (χ2v) is 2.44. The minimum atomic E-state index is -0.656. The van der Waals surface area contributed by atoms with Gasteiger partial charge < -0.3 is 16.2 Å². The first-order valence-corrected chi connectivity index (χ1v) is 3.55. The molecule has 0 radical (unpaired) electrons. The number of rotatable bonds is 3. The molecule has 1 aromatic carbocycles. The summed E-state index contributed by atoms with van der Waals surface area (Å²) in [5.41, 5.74) is 10.4. The van der Waals surface area contributed by atoms with Crippen molar-refractivity contribution in [3.63, 3.8) is 0 Å². The maximum absolute atomic E-state index is 12.9. The van der Waals surface area contributed by atoms with E-state index in [1.807, 2.05) is 0 Å². The Balaban J connectivity index is 2.72. The molecule has 0 unspecified atom stereocenters. The summed E-state index contributed by atoms with van der Waals surface area (Å²) in [6.07, 6.45) is 0. The van der Waals surface area contributed by atoms with Gasteiger partial charge in [-0.25, -0.2) is 4.39 Å². The Hall–Kier alpha value is -1.78. The lowest BCUT2D eigenvalue weighted by molar-refractivity contribution is -0.120. The molecule has 4 nitrogen and oxygen atoms in total. The summed E-state index contributed by atoms with van der Waals surface area (Å²) in [5, 5.41) is 0. The van der Waals surface area contributed by atoms with Crippen LogP contribution in [-0.4, -0.2) is 12.5 Å². The van der Waals surface area contributed by atoms with Crippen LogP contribution in [0.3, 0.4) is 0 Å². The van der Waals surface area contributed by atoms with E-state index in [4.69, 9.17) is 16.2 Å². The van der Waals surface area contributed by atoms with Gasteiger partial charge in [0.25, 0.3) is 5.91 Å². The second kappa shape index (κ2) is 3.75. The smallest absolute Gasteiger partial charge is 0.255 e. The maximum atomic E-state index is 12.9. The van der Waals surface area contributed by atoms with Crippen LogP contribution >= 0.6 is 0 Å². The van der Waals surface area contributed by atoms with E-state index in [1.165, 1.54) is 12.1 Å². The highest BCUT2D eigenvalue weighted by Gasteiger charge is 2.04. The number of amides is 1. The summed E-state index contributed by atoms with van der Waals surface area (Å²) in [4.78, 5) is 10.3. The third-order valence-corrected chi connectivity index (χ3v) is 1.33. The van der Waals surface area contributed by atoms with Crippen LogP contribution in [-0.2, 0) is 4.79 Å². The van der Waals surface area contributed by atoms with Crippen LogP contribution in [0.5, 0.6) is 5.75 Å². The minimum Gasteiger partial charge on any atom is -0.481 e. The topological polar surface area (TPSA) is 78.3 Å². The zero-order valence-electron chi connectivity index (χ0n) is 6.79. The van der Waals surface area contributed by atoms with Gasteiger partial charge in [-0.1, -0.05) is 0 Å². The predicted molar refractivity (Wildman–Crippen MR) is 45.5 cm³/mol. The summed E-state index contributed by atoms with van der Waals surface area (Å²) < 4.78 is 17.7. The summed E-state index contributed by atoms with van der Waals surface area (Å²) in [6.45, 7) is -0.346. The molecule has 1 rings (SSSR count). The Kier molecular flexibility index (Phi) is 2.69. The molecule has 4 N–H and O–H groups in total. The van der Waals surface area contributed by atoms with Crippen molar-refractivity contribution < 1.29 is 13.9 Å². The SMILES string of the molecule is NC(=O)COc1ccc(N)cc1F. The van der Waals surface area contributed by atoms with Crippen molar-refractivity contribution in [2.45, 2.75) is 0 Å². The zero-order valence-corrected chi connectivity index (χ0v) is 6.79. The third kappa shape index (κ3) is 2.62. The molecule has 0 heterocycles. The van der Waals surface area contributed by atoms with Gasteiger partial charge in [-0.15, -0.1) is 0 Å². The van der Waals surface area contributed by atoms with Gasteiger partial charge in [-0.05, 0) is 12.1 Å². The molecule has 0 bridgehead atoms. The molecule has 0 aliphatic heterocycles. The number of primary amides is 1. The Labute approximate surface area is 74.3 Å². The largest absolute Gasteiger partial charge is 0.481 e. The monoisotopic (exact) mass is 184 g/mol. The average molecular weight is 184 g/mol. The molecular weight excluding hydrogens is 175 g/mol. The van der Waals surface area contributed by atoms with E-state index in [0.29, 0.717) is 5.69 Å². The number of hydrogen-bond donors (Lipinski definition) is 2. The van der Waals surface area contributed by atoms with Gasteiger partial charge in [0.15, 0.2) is 18.2 Å². The van der Waals surface area contributed by atoms with Crippen molar-refractivity contribution in [3.8, 4) is 5.75 Å². The van der Waals surface area contributed by atoms with E-state index in [0.717, 1.165) is 6.07 Å². The standard InChI is InChI=1S/C8H9FN2O2/c9-6-3-5(10)1-2-7(6)13-4-8(11)12/h1-3H,4,10H2,(H2,11,12). The highest BCUT2D eigenvalue weighted by Crippen LogP contribution is 2.18. The molecule has 70 valence electrons. The molecule has 1 aromatic rings. The van der Waals surface area contributed by atoms with E-state index in [2.05, 4.69) is 0 Å². The number of carbonyl (C=O) groups excluding carboxylic acids is 1. The van der Waals surface area contributed by atoms with Crippen molar-refractivity contribution in [1.29, 1.82) is 0 Å². The Morgan fingerprint density at radius 3 is 2.77 bits per heavy atom. The minimum absolute atomic E-state index is 0.0343. The van der Waals surface area contributed by atoms with Crippen LogP contribution in [0, 0.1) is 5.82 Å². The molecule has 0 spiro atoms. The van der Waals surface area contributed by atoms with E-state index < -0.39 is 11.7 Å². The van der Waals surface area contributed by atoms with Gasteiger partial charge >= 0.3 is 0 Å². The van der Waals surface area contributed by atoms with Crippen molar-refractivity contribution in [1.82, 2.24) is 0 Å². The Bertz CT molecular complexity index is 328. The van der Waals surface area contributed by atoms with E-state index >= 15 is 0 Å². The van der Waals surface area contributed by atoms with Gasteiger partial charge in [0.2, 0.25) is 0 Å². The molecule has 0 saturated carbocycles. The highest BCUT2D eigenvalue weighted by atomic mass is 19.1. The normalized spacial score (nSPS) is 9.62. The Morgan fingerprint density at radius 1 is 1.54 bits per heavy atom. The molecule has 0 atom stereocenters. The number of halogens is 1. The highest BCUT2D eigenvalue weighted by molar-refractivity contribution is 5.75. The maximum Gasteiger partial charge on any atom is 0.255 e. The lowest BCUT2D eigenvalue weighted by atomic mass is 10.3. The van der Waals surface area contributed by atoms with Crippen LogP contribution < -0.4 is 16.2 Å². The quantitative estimate of drug-likeness (QED) is 0.662. The van der Waals surface area contributed by atoms with Crippen LogP contribution in [0.4, 0.5) is 10.1 Å². The molecule has 0 aliphatic carbocycles. The number of nitrogens with two attached hydrogens (primary N) is 2. The summed E-state index contributed by atoms with van der Waals surface area (Å²) in [6, 6.07) is 3.92. The summed E-state index contributed by atoms with van der Waals surface area (Å²) >= 11 is 0. The number of benzene rings is 1. The zero-order chi connectivity index (χ0) is 9.84. The van der Waals surface area contributed by atoms with Crippen LogP contribution in [0.2, 0.25) is 0 Å². The first-order valence-electron chi connectivity index (χ1n) is 3.55. The van der Waals surface area contributed by atoms with Crippen molar-refractivity contribution in [2.24, 2.45) is 5.73 Å². The molecule has 0 aliphatic rings. The third-order valence-electron chi connectivity index (χ3n) is 1.33. The first-order chi connectivity index (χ1) is 6.09. The van der Waals surface area contributed by atoms with E-state index in [9.17, 15) is 9.18 Å². The van der Waals surface area contributed by atoms with E-state index in [1.54, 1.807) is 0 Å². The van der Waals surface area contributed by atoms with Gasteiger partial charge in [0, 0.05) is 11.8 Å². The number of ether oxygens (including phenoxy) is 1. The lowest BCUT2D eigenvalue weighted by Crippen LogP contribution is -2.20. The van der Waals surface area contributed by atoms with Crippen LogP contribution in [0.25, 0.3) is 0 Å². The molecular formula is C8H9FN2O2. The average Bonchev–Trinajstić information content (AvgIpc) is 2.02. The van der Waals surface area contributed by atoms with Gasteiger partial charge in [0.05, 0.1) is 0 Å². The fraction of sp³-hybridized carbons (Fsp3) is 0.125. The summed E-state index contributed by atoms with van der Waals surface area (Å²) in [5.74, 6) is -1.30. The van der Waals surface area contributed by atoms with Crippen LogP contribution in [0.15, 0.2) is 18.2 Å². The number of carbonyl (C=O) groups is 1. The van der Waals surface area contributed by atoms with Crippen LogP contribution in [0.1, 0.15) is 0 Å². The van der Waals surface area contributed by atoms with Gasteiger partial charge in [-0.3, -0.25) is 4.79 Å². The number of hydrogen-bond acceptors (Lipinski definition) is 3. The molecule has 0 saturated heterocycles. The summed E-state index contributed by atoms with van der Waals surface area (Å²) in [7, 11) is 0. The molecule has 5 heteroatoms. The number of anilines is 1. The van der Waals surface area contributed by atoms with Crippen molar-refractivity contribution in [3.05, 3.63) is 24.0 Å².